The molecule has 0 aliphatic carbocycles. The molecule has 4 N–H and O–H groups in total. The molecule has 172 valence electrons. The summed E-state index contributed by atoms with van der Waals surface area (Å²) in [6, 6.07) is 3.54. The van der Waals surface area contributed by atoms with Crippen LogP contribution in [0.15, 0.2) is 24.8 Å². The van der Waals surface area contributed by atoms with Crippen molar-refractivity contribution in [2.24, 2.45) is 0 Å². The number of rotatable bonds is 8. The number of nitrogens with one attached hydrogen (secondary N) is 1. The number of methoxy groups -OCH3 is 3. The van der Waals surface area contributed by atoms with Gasteiger partial charge < -0.3 is 39.6 Å². The normalized spacial score (nSPS) is 22.8. The number of nitrogens with zero attached hydrogens (tertiary/aromatic N) is 4. The first kappa shape index (κ1) is 22.0. The van der Waals surface area contributed by atoms with Crippen LogP contribution in [0.4, 0.5) is 5.82 Å². The molecule has 4 atom stereocenters. The van der Waals surface area contributed by atoms with Crippen LogP contribution in [0.2, 0.25) is 0 Å². The summed E-state index contributed by atoms with van der Waals surface area (Å²) < 4.78 is 23.2. The Morgan fingerprint density at radius 1 is 1.00 bits per heavy atom. The Hall–Kier alpha value is -3.19. The number of imidazole rings is 1. The summed E-state index contributed by atoms with van der Waals surface area (Å²) in [6.07, 6.45) is -1.51. The van der Waals surface area contributed by atoms with Gasteiger partial charge in [-0.25, -0.2) is 15.0 Å². The Kier molecular flexibility index (Phi) is 6.28. The van der Waals surface area contributed by atoms with Gasteiger partial charge in [0, 0.05) is 18.2 Å². The number of ether oxygens (including phenoxy) is 4. The zero-order valence-electron chi connectivity index (χ0n) is 17.8. The van der Waals surface area contributed by atoms with Crippen LogP contribution in [0.5, 0.6) is 17.2 Å². The molecule has 0 unspecified atom stereocenters. The van der Waals surface area contributed by atoms with E-state index in [0.717, 1.165) is 5.56 Å². The Balaban J connectivity index is 1.61. The van der Waals surface area contributed by atoms with Crippen molar-refractivity contribution >= 4 is 17.0 Å². The van der Waals surface area contributed by atoms with E-state index in [0.29, 0.717) is 40.8 Å². The monoisotopic (exact) mass is 447 g/mol. The van der Waals surface area contributed by atoms with Crippen LogP contribution in [-0.2, 0) is 11.3 Å². The highest BCUT2D eigenvalue weighted by atomic mass is 16.6. The van der Waals surface area contributed by atoms with Crippen LogP contribution in [0.1, 0.15) is 11.8 Å². The van der Waals surface area contributed by atoms with Gasteiger partial charge in [-0.2, -0.15) is 0 Å². The van der Waals surface area contributed by atoms with Crippen molar-refractivity contribution in [1.29, 1.82) is 0 Å². The number of fused-ring (bicyclic) bond motifs is 1. The molecule has 3 heterocycles. The summed E-state index contributed by atoms with van der Waals surface area (Å²) in [6.45, 7) is -0.0767. The molecule has 1 aromatic carbocycles. The van der Waals surface area contributed by atoms with E-state index in [1.165, 1.54) is 17.2 Å². The second-order valence-electron chi connectivity index (χ2n) is 7.15. The lowest BCUT2D eigenvalue weighted by Gasteiger charge is -2.16. The van der Waals surface area contributed by atoms with Crippen LogP contribution in [0.3, 0.4) is 0 Å². The molecule has 0 saturated carbocycles. The maximum absolute atomic E-state index is 10.3. The highest BCUT2D eigenvalue weighted by molar-refractivity contribution is 5.82. The first-order valence-corrected chi connectivity index (χ1v) is 9.85. The van der Waals surface area contributed by atoms with Crippen molar-refractivity contribution in [3.8, 4) is 17.2 Å². The Labute approximate surface area is 183 Å². The highest BCUT2D eigenvalue weighted by Gasteiger charge is 2.44. The standard InChI is InChI=1S/C20H25N5O7/c1-29-11-5-13(31-3)12(30-2)4-10(11)6-21-18-15-19(23-8-22-18)25(9-24-15)20-17(28)16(27)14(7-26)32-20/h4-5,8-9,14,16-17,20,26-28H,6-7H2,1-3H3,(H,21,22,23)/t14-,16-,17+,20-/m1/s1. The number of aliphatic hydroxyl groups is 3. The number of benzene rings is 1. The summed E-state index contributed by atoms with van der Waals surface area (Å²) in [7, 11) is 4.67. The van der Waals surface area contributed by atoms with Crippen molar-refractivity contribution in [2.45, 2.75) is 31.1 Å². The van der Waals surface area contributed by atoms with E-state index in [9.17, 15) is 15.3 Å². The molecule has 1 aliphatic heterocycles. The number of hydrogen-bond acceptors (Lipinski definition) is 11. The van der Waals surface area contributed by atoms with Crippen molar-refractivity contribution in [2.75, 3.05) is 33.3 Å². The minimum atomic E-state index is -1.24. The van der Waals surface area contributed by atoms with Gasteiger partial charge in [0.2, 0.25) is 0 Å². The van der Waals surface area contributed by atoms with Gasteiger partial charge >= 0.3 is 0 Å². The molecular formula is C20H25N5O7. The summed E-state index contributed by atoms with van der Waals surface area (Å²) in [5.74, 6) is 2.18. The van der Waals surface area contributed by atoms with Crippen LogP contribution in [0.25, 0.3) is 11.2 Å². The van der Waals surface area contributed by atoms with Crippen molar-refractivity contribution < 1.29 is 34.3 Å². The highest BCUT2D eigenvalue weighted by Crippen LogP contribution is 2.35. The van der Waals surface area contributed by atoms with Gasteiger partial charge in [0.1, 0.15) is 30.4 Å². The second-order valence-corrected chi connectivity index (χ2v) is 7.15. The second kappa shape index (κ2) is 9.12. The molecule has 0 bridgehead atoms. The van der Waals surface area contributed by atoms with Crippen LogP contribution in [0, 0.1) is 0 Å². The Morgan fingerprint density at radius 3 is 2.38 bits per heavy atom. The average Bonchev–Trinajstić information content (AvgIpc) is 3.38. The van der Waals surface area contributed by atoms with E-state index in [1.54, 1.807) is 33.5 Å². The van der Waals surface area contributed by atoms with Gasteiger partial charge in [0.05, 0.1) is 34.3 Å². The molecule has 12 nitrogen and oxygen atoms in total. The lowest BCUT2D eigenvalue weighted by molar-refractivity contribution is -0.0511. The van der Waals surface area contributed by atoms with Crippen molar-refractivity contribution in [1.82, 2.24) is 19.5 Å². The maximum atomic E-state index is 10.3. The molecule has 0 radical (unpaired) electrons. The molecule has 0 spiro atoms. The fourth-order valence-corrected chi connectivity index (χ4v) is 3.69. The number of aliphatic hydroxyl groups excluding tert-OH is 3. The SMILES string of the molecule is COc1cc(OC)c(OC)cc1CNc1ncnc2c1ncn2[C@@H]1O[C@H](CO)[C@@H](O)[C@@H]1O. The van der Waals surface area contributed by atoms with E-state index in [1.807, 2.05) is 0 Å². The Bertz CT molecular complexity index is 1090. The third-order valence-corrected chi connectivity index (χ3v) is 5.38. The maximum Gasteiger partial charge on any atom is 0.167 e. The molecule has 1 fully saturated rings. The summed E-state index contributed by atoms with van der Waals surface area (Å²) in [5.41, 5.74) is 1.65. The molecular weight excluding hydrogens is 422 g/mol. The number of aromatic nitrogens is 4. The van der Waals surface area contributed by atoms with Crippen molar-refractivity contribution in [3.05, 3.63) is 30.4 Å². The van der Waals surface area contributed by atoms with Crippen molar-refractivity contribution in [3.63, 3.8) is 0 Å². The zero-order chi connectivity index (χ0) is 22.8. The van der Waals surface area contributed by atoms with E-state index in [4.69, 9.17) is 18.9 Å². The number of anilines is 1. The fraction of sp³-hybridized carbons (Fsp3) is 0.450. The molecule has 2 aromatic heterocycles. The van der Waals surface area contributed by atoms with E-state index < -0.39 is 31.1 Å². The lowest BCUT2D eigenvalue weighted by Crippen LogP contribution is -2.33. The summed E-state index contributed by atoms with van der Waals surface area (Å²) >= 11 is 0. The molecule has 1 aliphatic rings. The quantitative estimate of drug-likeness (QED) is 0.371. The van der Waals surface area contributed by atoms with E-state index >= 15 is 0 Å². The third-order valence-electron chi connectivity index (χ3n) is 5.38. The zero-order valence-corrected chi connectivity index (χ0v) is 17.8. The molecule has 1 saturated heterocycles. The molecule has 4 rings (SSSR count). The van der Waals surface area contributed by atoms with Crippen LogP contribution >= 0.6 is 0 Å². The molecule has 32 heavy (non-hydrogen) atoms. The van der Waals surface area contributed by atoms with E-state index in [2.05, 4.69) is 20.3 Å². The van der Waals surface area contributed by atoms with Gasteiger partial charge in [-0.3, -0.25) is 4.57 Å². The summed E-state index contributed by atoms with van der Waals surface area (Å²) in [4.78, 5) is 12.9. The first-order valence-electron chi connectivity index (χ1n) is 9.85. The minimum Gasteiger partial charge on any atom is -0.496 e. The smallest absolute Gasteiger partial charge is 0.167 e. The Morgan fingerprint density at radius 2 is 1.72 bits per heavy atom. The van der Waals surface area contributed by atoms with Gasteiger partial charge in [-0.1, -0.05) is 0 Å². The van der Waals surface area contributed by atoms with Gasteiger partial charge in [-0.15, -0.1) is 0 Å². The van der Waals surface area contributed by atoms with E-state index in [-0.39, 0.29) is 0 Å². The fourth-order valence-electron chi connectivity index (χ4n) is 3.69. The molecule has 12 heteroatoms. The van der Waals surface area contributed by atoms with Gasteiger partial charge in [-0.05, 0) is 6.07 Å². The predicted octanol–water partition coefficient (Wildman–Crippen LogP) is 0.0757. The minimum absolute atomic E-state index is 0.344. The van der Waals surface area contributed by atoms with Gasteiger partial charge in [0.25, 0.3) is 0 Å². The molecule has 0 amide bonds. The van der Waals surface area contributed by atoms with Gasteiger partial charge in [0.15, 0.2) is 34.7 Å². The van der Waals surface area contributed by atoms with Crippen LogP contribution < -0.4 is 19.5 Å². The molecule has 3 aromatic rings. The largest absolute Gasteiger partial charge is 0.496 e. The average molecular weight is 447 g/mol. The summed E-state index contributed by atoms with van der Waals surface area (Å²) in [5, 5.41) is 32.9. The lowest BCUT2D eigenvalue weighted by atomic mass is 10.1. The first-order chi connectivity index (χ1) is 15.5. The topological polar surface area (TPSA) is 153 Å². The number of hydrogen-bond donors (Lipinski definition) is 4. The third kappa shape index (κ3) is 3.77. The van der Waals surface area contributed by atoms with Crippen LogP contribution in [-0.4, -0.2) is 81.1 Å². The predicted molar refractivity (Wildman–Crippen MR) is 112 cm³/mol.